The molecule has 0 aromatic rings. The molecule has 0 saturated carbocycles. The Bertz CT molecular complexity index is 631. The number of rotatable bonds is 8. The Hall–Kier alpha value is -0.970. The third kappa shape index (κ3) is 6.80. The van der Waals surface area contributed by atoms with Crippen LogP contribution in [0, 0.1) is 0 Å². The third-order valence-electron chi connectivity index (χ3n) is 7.19. The van der Waals surface area contributed by atoms with Gasteiger partial charge in [0.25, 0.3) is 0 Å². The lowest BCUT2D eigenvalue weighted by Crippen LogP contribution is -2.66. The quantitative estimate of drug-likeness (QED) is 0.465. The molecule has 9 heteroatoms. The summed E-state index contributed by atoms with van der Waals surface area (Å²) in [6.45, 7) is 17.9. The molecule has 3 N–H and O–H groups in total. The van der Waals surface area contributed by atoms with Crippen LogP contribution in [0.15, 0.2) is 0 Å². The largest absolute Gasteiger partial charge is 0.382 e. The summed E-state index contributed by atoms with van der Waals surface area (Å²) in [5.41, 5.74) is -1.82. The second-order valence-electron chi connectivity index (χ2n) is 12.3. The van der Waals surface area contributed by atoms with Gasteiger partial charge in [-0.15, -0.1) is 0 Å². The third-order valence-corrected chi connectivity index (χ3v) is 7.19. The number of carbonyl (C=O) groups is 1. The standard InChI is InChI=1S/C24H48N4O5/c1-21(2)14-18(15-22(3,4)27(21)30)25-20(29)26(10-11-33-13-12-32-9)19-16-23(5,6)28(31)24(7,8)17-19/h18-19,30-31H,10-17H2,1-9H3,(H,25,29). The van der Waals surface area contributed by atoms with Crippen molar-refractivity contribution in [2.45, 2.75) is 115 Å². The lowest BCUT2D eigenvalue weighted by atomic mass is 9.78. The predicted molar refractivity (Wildman–Crippen MR) is 128 cm³/mol. The summed E-state index contributed by atoms with van der Waals surface area (Å²) in [6, 6.07) is -0.207. The van der Waals surface area contributed by atoms with Crippen LogP contribution in [-0.2, 0) is 9.47 Å². The van der Waals surface area contributed by atoms with Crippen molar-refractivity contribution in [3.63, 3.8) is 0 Å². The number of urea groups is 1. The van der Waals surface area contributed by atoms with Gasteiger partial charge in [-0.1, -0.05) is 0 Å². The van der Waals surface area contributed by atoms with Crippen molar-refractivity contribution < 1.29 is 24.7 Å². The molecule has 0 aromatic carbocycles. The van der Waals surface area contributed by atoms with Crippen LogP contribution < -0.4 is 5.32 Å². The Balaban J connectivity index is 2.18. The molecule has 2 aliphatic rings. The van der Waals surface area contributed by atoms with E-state index < -0.39 is 22.2 Å². The molecule has 0 unspecified atom stereocenters. The molecule has 0 aliphatic carbocycles. The van der Waals surface area contributed by atoms with Crippen LogP contribution in [0.1, 0.15) is 81.1 Å². The first-order chi connectivity index (χ1) is 15.0. The van der Waals surface area contributed by atoms with E-state index in [4.69, 9.17) is 9.47 Å². The smallest absolute Gasteiger partial charge is 0.317 e. The van der Waals surface area contributed by atoms with Gasteiger partial charge in [-0.05, 0) is 81.1 Å². The zero-order chi connectivity index (χ0) is 25.2. The highest BCUT2D eigenvalue weighted by Gasteiger charge is 2.49. The monoisotopic (exact) mass is 472 g/mol. The zero-order valence-corrected chi connectivity index (χ0v) is 22.3. The van der Waals surface area contributed by atoms with Crippen molar-refractivity contribution in [2.75, 3.05) is 33.5 Å². The second kappa shape index (κ2) is 10.3. The molecule has 9 nitrogen and oxygen atoms in total. The highest BCUT2D eigenvalue weighted by atomic mass is 16.5. The van der Waals surface area contributed by atoms with Crippen molar-refractivity contribution in [3.8, 4) is 0 Å². The molecule has 2 rings (SSSR count). The number of methoxy groups -OCH3 is 1. The van der Waals surface area contributed by atoms with Crippen molar-refractivity contribution in [1.29, 1.82) is 0 Å². The number of nitrogens with zero attached hydrogens (tertiary/aromatic N) is 3. The van der Waals surface area contributed by atoms with Crippen molar-refractivity contribution in [1.82, 2.24) is 20.3 Å². The van der Waals surface area contributed by atoms with Crippen molar-refractivity contribution in [3.05, 3.63) is 0 Å². The van der Waals surface area contributed by atoms with Crippen LogP contribution in [0.5, 0.6) is 0 Å². The number of nitrogens with one attached hydrogen (secondary N) is 1. The highest BCUT2D eigenvalue weighted by Crippen LogP contribution is 2.39. The molecule has 0 atom stereocenters. The number of hydrogen-bond acceptors (Lipinski definition) is 7. The summed E-state index contributed by atoms with van der Waals surface area (Å²) in [5, 5.41) is 27.5. The van der Waals surface area contributed by atoms with Crippen molar-refractivity contribution in [2.24, 2.45) is 0 Å². The molecule has 0 bridgehead atoms. The topological polar surface area (TPSA) is 97.7 Å². The minimum Gasteiger partial charge on any atom is -0.382 e. The van der Waals surface area contributed by atoms with E-state index in [1.807, 2.05) is 60.3 Å². The lowest BCUT2D eigenvalue weighted by Gasteiger charge is -2.54. The van der Waals surface area contributed by atoms with Crippen LogP contribution in [-0.4, -0.2) is 99.2 Å². The van der Waals surface area contributed by atoms with E-state index in [0.29, 0.717) is 52.0 Å². The molecule has 0 aromatic heterocycles. The van der Waals surface area contributed by atoms with Gasteiger partial charge in [-0.2, -0.15) is 10.1 Å². The summed E-state index contributed by atoms with van der Waals surface area (Å²) >= 11 is 0. The number of piperidine rings is 2. The molecule has 0 spiro atoms. The maximum Gasteiger partial charge on any atom is 0.317 e. The summed E-state index contributed by atoms with van der Waals surface area (Å²) < 4.78 is 10.7. The average Bonchev–Trinajstić information content (AvgIpc) is 2.65. The van der Waals surface area contributed by atoms with Gasteiger partial charge < -0.3 is 30.1 Å². The molecule has 2 amide bonds. The van der Waals surface area contributed by atoms with Crippen LogP contribution in [0.3, 0.4) is 0 Å². The van der Waals surface area contributed by atoms with Gasteiger partial charge in [0.1, 0.15) is 0 Å². The molecular weight excluding hydrogens is 424 g/mol. The molecular formula is C24H48N4O5. The van der Waals surface area contributed by atoms with Crippen molar-refractivity contribution >= 4 is 6.03 Å². The van der Waals surface area contributed by atoms with E-state index in [1.54, 1.807) is 7.11 Å². The van der Waals surface area contributed by atoms with E-state index in [1.165, 1.54) is 10.1 Å². The zero-order valence-electron chi connectivity index (χ0n) is 22.3. The van der Waals surface area contributed by atoms with Crippen LogP contribution >= 0.6 is 0 Å². The minimum absolute atomic E-state index is 0.0385. The van der Waals surface area contributed by atoms with Crippen LogP contribution in [0.2, 0.25) is 0 Å². The second-order valence-corrected chi connectivity index (χ2v) is 12.3. The average molecular weight is 473 g/mol. The normalized spacial score (nSPS) is 25.7. The van der Waals surface area contributed by atoms with E-state index >= 15 is 0 Å². The Morgan fingerprint density at radius 3 is 1.76 bits per heavy atom. The van der Waals surface area contributed by atoms with Gasteiger partial charge in [0.2, 0.25) is 0 Å². The van der Waals surface area contributed by atoms with Gasteiger partial charge in [0.05, 0.1) is 19.8 Å². The van der Waals surface area contributed by atoms with Crippen LogP contribution in [0.4, 0.5) is 4.79 Å². The lowest BCUT2D eigenvalue weighted by molar-refractivity contribution is -0.251. The Morgan fingerprint density at radius 2 is 1.30 bits per heavy atom. The molecule has 2 saturated heterocycles. The predicted octanol–water partition coefficient (Wildman–Crippen LogP) is 3.48. The first kappa shape index (κ1) is 28.3. The number of hydroxylamine groups is 4. The SMILES string of the molecule is COCCOCCN(C(=O)NC1CC(C)(C)N(O)C(C)(C)C1)C1CC(C)(C)N(O)C(C)(C)C1. The van der Waals surface area contributed by atoms with Gasteiger partial charge in [-0.3, -0.25) is 0 Å². The Labute approximate surface area is 200 Å². The number of ether oxygens (including phenoxy) is 2. The highest BCUT2D eigenvalue weighted by molar-refractivity contribution is 5.75. The molecule has 194 valence electrons. The first-order valence-electron chi connectivity index (χ1n) is 12.2. The summed E-state index contributed by atoms with van der Waals surface area (Å²) in [4.78, 5) is 15.5. The maximum absolute atomic E-state index is 13.6. The first-order valence-corrected chi connectivity index (χ1v) is 12.2. The molecule has 0 radical (unpaired) electrons. The van der Waals surface area contributed by atoms with Gasteiger partial charge in [-0.25, -0.2) is 4.79 Å². The molecule has 2 aliphatic heterocycles. The number of hydrogen-bond donors (Lipinski definition) is 3. The van der Waals surface area contributed by atoms with E-state index in [9.17, 15) is 15.2 Å². The number of amides is 2. The van der Waals surface area contributed by atoms with E-state index in [2.05, 4.69) is 5.32 Å². The fourth-order valence-electron chi connectivity index (χ4n) is 5.93. The maximum atomic E-state index is 13.6. The molecule has 2 fully saturated rings. The van der Waals surface area contributed by atoms with Crippen LogP contribution in [0.25, 0.3) is 0 Å². The van der Waals surface area contributed by atoms with Gasteiger partial charge >= 0.3 is 6.03 Å². The Kier molecular flexibility index (Phi) is 8.85. The minimum atomic E-state index is -0.464. The van der Waals surface area contributed by atoms with E-state index in [0.717, 1.165) is 0 Å². The number of carbonyl (C=O) groups excluding carboxylic acids is 1. The van der Waals surface area contributed by atoms with Gasteiger partial charge in [0.15, 0.2) is 0 Å². The Morgan fingerprint density at radius 1 is 0.848 bits per heavy atom. The fraction of sp³-hybridized carbons (Fsp3) is 0.958. The van der Waals surface area contributed by atoms with Gasteiger partial charge in [0, 0.05) is 47.9 Å². The van der Waals surface area contributed by atoms with E-state index in [-0.39, 0.29) is 18.1 Å². The summed E-state index contributed by atoms with van der Waals surface area (Å²) in [5.74, 6) is 0. The molecule has 33 heavy (non-hydrogen) atoms. The molecule has 2 heterocycles. The fourth-order valence-corrected chi connectivity index (χ4v) is 5.93. The summed E-state index contributed by atoms with van der Waals surface area (Å²) in [6.07, 6.45) is 2.63. The summed E-state index contributed by atoms with van der Waals surface area (Å²) in [7, 11) is 1.64.